The molecule has 2 amide bonds. The van der Waals surface area contributed by atoms with Crippen LogP contribution in [0.2, 0.25) is 5.02 Å². The highest BCUT2D eigenvalue weighted by atomic mass is 35.5. The number of benzene rings is 1. The van der Waals surface area contributed by atoms with Crippen molar-refractivity contribution in [3.8, 4) is 0 Å². The molecule has 2 N–H and O–H groups in total. The Morgan fingerprint density at radius 1 is 1.21 bits per heavy atom. The van der Waals surface area contributed by atoms with Gasteiger partial charge in [0.25, 0.3) is 0 Å². The monoisotopic (exact) mass is 298 g/mol. The van der Waals surface area contributed by atoms with Crippen LogP contribution in [0.25, 0.3) is 0 Å². The molecule has 4 nitrogen and oxygen atoms in total. The van der Waals surface area contributed by atoms with Crippen molar-refractivity contribution in [3.05, 3.63) is 41.9 Å². The molecule has 0 aliphatic rings. The van der Waals surface area contributed by atoms with E-state index in [1.165, 1.54) is 11.8 Å². The van der Waals surface area contributed by atoms with Crippen molar-refractivity contribution in [2.24, 2.45) is 0 Å². The number of anilines is 1. The summed E-state index contributed by atoms with van der Waals surface area (Å²) in [5, 5.41) is 5.97. The lowest BCUT2D eigenvalue weighted by Crippen LogP contribution is -2.26. The van der Waals surface area contributed by atoms with Crippen LogP contribution in [0.15, 0.2) is 36.9 Å². The average molecular weight is 299 g/mol. The van der Waals surface area contributed by atoms with Gasteiger partial charge in [-0.1, -0.05) is 17.7 Å². The van der Waals surface area contributed by atoms with Gasteiger partial charge in [0.05, 0.1) is 11.5 Å². The van der Waals surface area contributed by atoms with Gasteiger partial charge < -0.3 is 10.6 Å². The van der Waals surface area contributed by atoms with E-state index >= 15 is 0 Å². The molecule has 6 heteroatoms. The Labute approximate surface area is 121 Å². The zero-order valence-corrected chi connectivity index (χ0v) is 11.9. The van der Waals surface area contributed by atoms with Crippen LogP contribution in [-0.4, -0.2) is 29.9 Å². The molecular formula is C13H15ClN2O2S. The number of carbonyl (C=O) groups is 2. The van der Waals surface area contributed by atoms with Gasteiger partial charge in [-0.05, 0) is 24.3 Å². The lowest BCUT2D eigenvalue weighted by Gasteiger charge is -2.05. The van der Waals surface area contributed by atoms with Crippen molar-refractivity contribution in [3.63, 3.8) is 0 Å². The first-order valence-electron chi connectivity index (χ1n) is 5.62. The molecule has 0 radical (unpaired) electrons. The van der Waals surface area contributed by atoms with Crippen LogP contribution in [0.1, 0.15) is 0 Å². The quantitative estimate of drug-likeness (QED) is 0.760. The molecule has 0 heterocycles. The summed E-state index contributed by atoms with van der Waals surface area (Å²) in [6.07, 6.45) is 1.61. The number of hydrogen-bond acceptors (Lipinski definition) is 3. The molecule has 0 atom stereocenters. The molecule has 1 aromatic rings. The van der Waals surface area contributed by atoms with Crippen LogP contribution in [0.4, 0.5) is 5.69 Å². The third kappa shape index (κ3) is 6.88. The number of thioether (sulfide) groups is 1. The normalized spacial score (nSPS) is 9.74. The molecule has 0 spiro atoms. The zero-order valence-electron chi connectivity index (χ0n) is 10.3. The van der Waals surface area contributed by atoms with Crippen molar-refractivity contribution in [2.75, 3.05) is 23.4 Å². The Morgan fingerprint density at radius 3 is 2.47 bits per heavy atom. The summed E-state index contributed by atoms with van der Waals surface area (Å²) in [5.74, 6) is 0.222. The summed E-state index contributed by atoms with van der Waals surface area (Å²) in [5.41, 5.74) is 0.686. The maximum atomic E-state index is 11.6. The lowest BCUT2D eigenvalue weighted by atomic mass is 10.3. The van der Waals surface area contributed by atoms with Gasteiger partial charge in [0.15, 0.2) is 0 Å². The van der Waals surface area contributed by atoms with Crippen molar-refractivity contribution >= 4 is 40.9 Å². The fourth-order valence-corrected chi connectivity index (χ4v) is 1.98. The number of halogens is 1. The molecule has 0 unspecified atom stereocenters. The van der Waals surface area contributed by atoms with Crippen molar-refractivity contribution in [2.45, 2.75) is 0 Å². The van der Waals surface area contributed by atoms with Gasteiger partial charge in [0.1, 0.15) is 0 Å². The Hall–Kier alpha value is -1.46. The molecule has 1 aromatic carbocycles. The van der Waals surface area contributed by atoms with E-state index < -0.39 is 0 Å². The Morgan fingerprint density at radius 2 is 1.84 bits per heavy atom. The maximum Gasteiger partial charge on any atom is 0.234 e. The fourth-order valence-electron chi connectivity index (χ4n) is 1.20. The third-order valence-electron chi connectivity index (χ3n) is 2.04. The highest BCUT2D eigenvalue weighted by molar-refractivity contribution is 8.00. The summed E-state index contributed by atoms with van der Waals surface area (Å²) in [6.45, 7) is 3.94. The lowest BCUT2D eigenvalue weighted by molar-refractivity contribution is -0.118. The van der Waals surface area contributed by atoms with Crippen molar-refractivity contribution in [1.82, 2.24) is 5.32 Å². The predicted molar refractivity (Wildman–Crippen MR) is 80.6 cm³/mol. The molecule has 0 fully saturated rings. The number of nitrogens with one attached hydrogen (secondary N) is 2. The van der Waals surface area contributed by atoms with E-state index in [0.717, 1.165) is 0 Å². The van der Waals surface area contributed by atoms with Gasteiger partial charge in [-0.2, -0.15) is 0 Å². The molecule has 0 saturated heterocycles. The molecule has 0 saturated carbocycles. The minimum Gasteiger partial charge on any atom is -0.352 e. The van der Waals surface area contributed by atoms with E-state index in [4.69, 9.17) is 11.6 Å². The van der Waals surface area contributed by atoms with Gasteiger partial charge in [0.2, 0.25) is 11.8 Å². The summed E-state index contributed by atoms with van der Waals surface area (Å²) < 4.78 is 0. The second-order valence-electron chi connectivity index (χ2n) is 3.64. The second kappa shape index (κ2) is 8.61. The van der Waals surface area contributed by atoms with Crippen LogP contribution < -0.4 is 10.6 Å². The molecule has 0 aliphatic carbocycles. The minimum atomic E-state index is -0.149. The van der Waals surface area contributed by atoms with Crippen LogP contribution in [0.3, 0.4) is 0 Å². The van der Waals surface area contributed by atoms with Crippen LogP contribution in [0, 0.1) is 0 Å². The third-order valence-corrected chi connectivity index (χ3v) is 3.22. The van der Waals surface area contributed by atoms with Gasteiger partial charge in [-0.15, -0.1) is 18.3 Å². The Balaban J connectivity index is 2.22. The van der Waals surface area contributed by atoms with Crippen molar-refractivity contribution in [1.29, 1.82) is 0 Å². The molecule has 0 bridgehead atoms. The maximum absolute atomic E-state index is 11.6. The second-order valence-corrected chi connectivity index (χ2v) is 5.06. The van der Waals surface area contributed by atoms with E-state index in [-0.39, 0.29) is 23.3 Å². The standard InChI is InChI=1S/C13H15ClN2O2S/c1-2-7-15-12(17)8-19-9-13(18)16-11-5-3-10(14)4-6-11/h2-6H,1,7-9H2,(H,15,17)(H,16,18). The van der Waals surface area contributed by atoms with Gasteiger partial charge in [-0.25, -0.2) is 0 Å². The topological polar surface area (TPSA) is 58.2 Å². The minimum absolute atomic E-state index is 0.107. The summed E-state index contributed by atoms with van der Waals surface area (Å²) in [4.78, 5) is 22.8. The first-order valence-corrected chi connectivity index (χ1v) is 7.16. The Bertz CT molecular complexity index is 448. The smallest absolute Gasteiger partial charge is 0.234 e. The molecule has 102 valence electrons. The molecule has 0 aliphatic heterocycles. The van der Waals surface area contributed by atoms with Crippen LogP contribution >= 0.6 is 23.4 Å². The first kappa shape index (κ1) is 15.6. The van der Waals surface area contributed by atoms with E-state index in [1.807, 2.05) is 0 Å². The molecule has 19 heavy (non-hydrogen) atoms. The van der Waals surface area contributed by atoms with Crippen molar-refractivity contribution < 1.29 is 9.59 Å². The average Bonchev–Trinajstić information content (AvgIpc) is 2.39. The van der Waals surface area contributed by atoms with E-state index in [9.17, 15) is 9.59 Å². The highest BCUT2D eigenvalue weighted by Gasteiger charge is 2.05. The van der Waals surface area contributed by atoms with Gasteiger partial charge in [-0.3, -0.25) is 9.59 Å². The summed E-state index contributed by atoms with van der Waals surface area (Å²) in [6, 6.07) is 6.85. The van der Waals surface area contributed by atoms with E-state index in [1.54, 1.807) is 30.3 Å². The highest BCUT2D eigenvalue weighted by Crippen LogP contribution is 2.13. The molecule has 0 aromatic heterocycles. The zero-order chi connectivity index (χ0) is 14.1. The van der Waals surface area contributed by atoms with Crippen LogP contribution in [0.5, 0.6) is 0 Å². The molecule has 1 rings (SSSR count). The number of amides is 2. The van der Waals surface area contributed by atoms with E-state index in [2.05, 4.69) is 17.2 Å². The predicted octanol–water partition coefficient (Wildman–Crippen LogP) is 2.31. The fraction of sp³-hybridized carbons (Fsp3) is 0.231. The molecular weight excluding hydrogens is 284 g/mol. The van der Waals surface area contributed by atoms with E-state index in [0.29, 0.717) is 17.3 Å². The first-order chi connectivity index (χ1) is 9.11. The summed E-state index contributed by atoms with van der Waals surface area (Å²) in [7, 11) is 0. The van der Waals surface area contributed by atoms with Crippen LogP contribution in [-0.2, 0) is 9.59 Å². The van der Waals surface area contributed by atoms with Gasteiger partial charge in [0, 0.05) is 17.3 Å². The number of carbonyl (C=O) groups excluding carboxylic acids is 2. The SMILES string of the molecule is C=CCNC(=O)CSCC(=O)Nc1ccc(Cl)cc1. The summed E-state index contributed by atoms with van der Waals surface area (Å²) >= 11 is 7.00. The number of rotatable bonds is 7. The Kier molecular flexibility index (Phi) is 7.07. The number of hydrogen-bond donors (Lipinski definition) is 2. The largest absolute Gasteiger partial charge is 0.352 e. The van der Waals surface area contributed by atoms with Gasteiger partial charge >= 0.3 is 0 Å².